The van der Waals surface area contributed by atoms with Gasteiger partial charge in [0.1, 0.15) is 5.82 Å². The van der Waals surface area contributed by atoms with Gasteiger partial charge < -0.3 is 10.6 Å². The van der Waals surface area contributed by atoms with Gasteiger partial charge in [0, 0.05) is 24.0 Å². The third-order valence-electron chi connectivity index (χ3n) is 4.12. The fraction of sp³-hybridized carbons (Fsp3) is 0.273. The molecule has 0 aliphatic heterocycles. The lowest BCUT2D eigenvalue weighted by molar-refractivity contribution is 0.851. The van der Waals surface area contributed by atoms with Crippen molar-refractivity contribution in [1.82, 2.24) is 9.97 Å². The second kappa shape index (κ2) is 8.48. The van der Waals surface area contributed by atoms with Gasteiger partial charge in [0.15, 0.2) is 0 Å². The molecule has 2 N–H and O–H groups in total. The highest BCUT2D eigenvalue weighted by molar-refractivity contribution is 5.59. The Hall–Kier alpha value is -2.88. The van der Waals surface area contributed by atoms with Crippen LogP contribution in [0.3, 0.4) is 0 Å². The Labute approximate surface area is 155 Å². The quantitative estimate of drug-likeness (QED) is 0.578. The molecule has 3 aromatic rings. The van der Waals surface area contributed by atoms with Crippen molar-refractivity contribution in [3.05, 3.63) is 77.0 Å². The molecule has 0 unspecified atom stereocenters. The lowest BCUT2D eigenvalue weighted by Crippen LogP contribution is -2.08. The molecule has 0 saturated heterocycles. The van der Waals surface area contributed by atoms with Crippen molar-refractivity contribution >= 4 is 17.5 Å². The van der Waals surface area contributed by atoms with Crippen LogP contribution in [0.1, 0.15) is 28.8 Å². The van der Waals surface area contributed by atoms with E-state index >= 15 is 0 Å². The van der Waals surface area contributed by atoms with Crippen molar-refractivity contribution in [1.29, 1.82) is 0 Å². The van der Waals surface area contributed by atoms with Crippen molar-refractivity contribution in [2.24, 2.45) is 0 Å². The van der Waals surface area contributed by atoms with E-state index in [9.17, 15) is 0 Å². The largest absolute Gasteiger partial charge is 0.354 e. The zero-order chi connectivity index (χ0) is 18.4. The minimum atomic E-state index is 0.671. The Morgan fingerprint density at radius 2 is 1.58 bits per heavy atom. The van der Waals surface area contributed by atoms with Crippen LogP contribution in [-0.4, -0.2) is 16.5 Å². The summed E-state index contributed by atoms with van der Waals surface area (Å²) in [5, 5.41) is 6.73. The van der Waals surface area contributed by atoms with Gasteiger partial charge in [0.25, 0.3) is 0 Å². The highest BCUT2D eigenvalue weighted by Crippen LogP contribution is 2.19. The van der Waals surface area contributed by atoms with Crippen LogP contribution in [0.25, 0.3) is 0 Å². The topological polar surface area (TPSA) is 49.8 Å². The summed E-state index contributed by atoms with van der Waals surface area (Å²) in [6, 6.07) is 18.9. The first-order valence-corrected chi connectivity index (χ1v) is 9.07. The highest BCUT2D eigenvalue weighted by Gasteiger charge is 2.04. The van der Waals surface area contributed by atoms with Crippen molar-refractivity contribution < 1.29 is 0 Å². The van der Waals surface area contributed by atoms with Gasteiger partial charge in [-0.15, -0.1) is 0 Å². The van der Waals surface area contributed by atoms with E-state index in [0.717, 1.165) is 36.6 Å². The molecule has 4 nitrogen and oxygen atoms in total. The standard InChI is InChI=1S/C22H26N4/c1-16-12-17(2)14-20(13-16)25-21-15-18(3)24-22(26-21)23-11-7-10-19-8-5-4-6-9-19/h4-6,8-9,12-15H,7,10-11H2,1-3H3,(H2,23,24,25,26). The summed E-state index contributed by atoms with van der Waals surface area (Å²) in [4.78, 5) is 9.09. The first-order valence-electron chi connectivity index (χ1n) is 9.07. The van der Waals surface area contributed by atoms with Gasteiger partial charge in [-0.2, -0.15) is 4.98 Å². The second-order valence-electron chi connectivity index (χ2n) is 6.74. The van der Waals surface area contributed by atoms with Crippen LogP contribution in [0.2, 0.25) is 0 Å². The summed E-state index contributed by atoms with van der Waals surface area (Å²) in [6.45, 7) is 7.04. The maximum atomic E-state index is 4.60. The molecule has 0 fully saturated rings. The Kier molecular flexibility index (Phi) is 5.84. The zero-order valence-electron chi connectivity index (χ0n) is 15.7. The van der Waals surface area contributed by atoms with E-state index in [-0.39, 0.29) is 0 Å². The van der Waals surface area contributed by atoms with E-state index in [0.29, 0.717) is 5.95 Å². The van der Waals surface area contributed by atoms with E-state index in [1.54, 1.807) is 0 Å². The predicted molar refractivity (Wildman–Crippen MR) is 109 cm³/mol. The molecular weight excluding hydrogens is 320 g/mol. The van der Waals surface area contributed by atoms with Crippen molar-refractivity contribution in [2.75, 3.05) is 17.2 Å². The number of aryl methyl sites for hydroxylation is 4. The fourth-order valence-electron chi connectivity index (χ4n) is 3.04. The Bertz CT molecular complexity index is 839. The summed E-state index contributed by atoms with van der Waals surface area (Å²) in [7, 11) is 0. The molecule has 1 aromatic heterocycles. The van der Waals surface area contributed by atoms with E-state index in [1.807, 2.05) is 19.1 Å². The lowest BCUT2D eigenvalue weighted by Gasteiger charge is -2.11. The maximum absolute atomic E-state index is 4.60. The van der Waals surface area contributed by atoms with Crippen LogP contribution >= 0.6 is 0 Å². The number of anilines is 3. The average molecular weight is 346 g/mol. The highest BCUT2D eigenvalue weighted by atomic mass is 15.1. The van der Waals surface area contributed by atoms with Gasteiger partial charge in [0.2, 0.25) is 5.95 Å². The van der Waals surface area contributed by atoms with Gasteiger partial charge in [-0.25, -0.2) is 4.98 Å². The van der Waals surface area contributed by atoms with Crippen LogP contribution < -0.4 is 10.6 Å². The molecule has 2 aromatic carbocycles. The molecule has 26 heavy (non-hydrogen) atoms. The summed E-state index contributed by atoms with van der Waals surface area (Å²) < 4.78 is 0. The van der Waals surface area contributed by atoms with Gasteiger partial charge in [-0.1, -0.05) is 36.4 Å². The van der Waals surface area contributed by atoms with Gasteiger partial charge in [-0.3, -0.25) is 0 Å². The Balaban J connectivity index is 1.60. The number of aromatic nitrogens is 2. The molecular formula is C22H26N4. The van der Waals surface area contributed by atoms with Gasteiger partial charge in [-0.05, 0) is 62.4 Å². The number of rotatable bonds is 7. The first-order chi connectivity index (χ1) is 12.6. The maximum Gasteiger partial charge on any atom is 0.224 e. The van der Waals surface area contributed by atoms with E-state index in [1.165, 1.54) is 16.7 Å². The Morgan fingerprint density at radius 3 is 2.31 bits per heavy atom. The summed E-state index contributed by atoms with van der Waals surface area (Å²) >= 11 is 0. The van der Waals surface area contributed by atoms with Crippen molar-refractivity contribution in [2.45, 2.75) is 33.6 Å². The molecule has 0 spiro atoms. The number of benzene rings is 2. The molecule has 0 aliphatic rings. The molecule has 134 valence electrons. The van der Waals surface area contributed by atoms with Crippen LogP contribution in [0.4, 0.5) is 17.5 Å². The number of nitrogens with one attached hydrogen (secondary N) is 2. The number of nitrogens with zero attached hydrogens (tertiary/aromatic N) is 2. The van der Waals surface area contributed by atoms with Crippen LogP contribution in [0.5, 0.6) is 0 Å². The molecule has 0 bridgehead atoms. The minimum Gasteiger partial charge on any atom is -0.354 e. The monoisotopic (exact) mass is 346 g/mol. The van der Waals surface area contributed by atoms with E-state index in [4.69, 9.17) is 0 Å². The van der Waals surface area contributed by atoms with Crippen LogP contribution in [-0.2, 0) is 6.42 Å². The number of hydrogen-bond donors (Lipinski definition) is 2. The molecule has 4 heteroatoms. The summed E-state index contributed by atoms with van der Waals surface area (Å²) in [5.74, 6) is 1.48. The fourth-order valence-corrected chi connectivity index (χ4v) is 3.04. The Morgan fingerprint density at radius 1 is 0.846 bits per heavy atom. The molecule has 0 radical (unpaired) electrons. The molecule has 0 aliphatic carbocycles. The average Bonchev–Trinajstić information content (AvgIpc) is 2.58. The van der Waals surface area contributed by atoms with Gasteiger partial charge in [0.05, 0.1) is 0 Å². The summed E-state index contributed by atoms with van der Waals surface area (Å²) in [6.07, 6.45) is 2.09. The zero-order valence-corrected chi connectivity index (χ0v) is 15.7. The van der Waals surface area contributed by atoms with Crippen molar-refractivity contribution in [3.8, 4) is 0 Å². The van der Waals surface area contributed by atoms with E-state index < -0.39 is 0 Å². The molecule has 1 heterocycles. The summed E-state index contributed by atoms with van der Waals surface area (Å²) in [5.41, 5.74) is 5.82. The van der Waals surface area contributed by atoms with Crippen LogP contribution in [0, 0.1) is 20.8 Å². The van der Waals surface area contributed by atoms with E-state index in [2.05, 4.69) is 76.9 Å². The third kappa shape index (κ3) is 5.31. The second-order valence-corrected chi connectivity index (χ2v) is 6.74. The molecule has 3 rings (SSSR count). The molecule has 0 atom stereocenters. The first kappa shape index (κ1) is 17.9. The lowest BCUT2D eigenvalue weighted by atomic mass is 10.1. The van der Waals surface area contributed by atoms with Crippen LogP contribution in [0.15, 0.2) is 54.6 Å². The third-order valence-corrected chi connectivity index (χ3v) is 4.12. The minimum absolute atomic E-state index is 0.671. The smallest absolute Gasteiger partial charge is 0.224 e. The molecule has 0 amide bonds. The normalized spacial score (nSPS) is 10.6. The SMILES string of the molecule is Cc1cc(C)cc(Nc2cc(C)nc(NCCCc3ccccc3)n2)c1. The van der Waals surface area contributed by atoms with Crippen molar-refractivity contribution in [3.63, 3.8) is 0 Å². The number of hydrogen-bond acceptors (Lipinski definition) is 4. The predicted octanol–water partition coefficient (Wildman–Crippen LogP) is 5.19. The van der Waals surface area contributed by atoms with Gasteiger partial charge >= 0.3 is 0 Å². The molecule has 0 saturated carbocycles.